The van der Waals surface area contributed by atoms with Gasteiger partial charge in [-0.2, -0.15) is 5.10 Å². The van der Waals surface area contributed by atoms with E-state index in [2.05, 4.69) is 15.1 Å². The van der Waals surface area contributed by atoms with Gasteiger partial charge in [0, 0.05) is 19.2 Å². The molecule has 0 saturated carbocycles. The summed E-state index contributed by atoms with van der Waals surface area (Å²) in [4.78, 5) is 13.5. The van der Waals surface area contributed by atoms with E-state index in [0.717, 1.165) is 25.8 Å². The summed E-state index contributed by atoms with van der Waals surface area (Å²) in [6, 6.07) is 0.245. The highest BCUT2D eigenvalue weighted by molar-refractivity contribution is 6.33. The Hall–Kier alpha value is -1.07. The van der Waals surface area contributed by atoms with Crippen LogP contribution in [-0.4, -0.2) is 34.5 Å². The van der Waals surface area contributed by atoms with Gasteiger partial charge in [-0.15, -0.1) is 0 Å². The molecule has 1 saturated heterocycles. The van der Waals surface area contributed by atoms with E-state index in [1.807, 2.05) is 0 Å². The number of nitrogens with one attached hydrogen (secondary N) is 1. The van der Waals surface area contributed by atoms with Gasteiger partial charge in [-0.05, 0) is 25.7 Å². The van der Waals surface area contributed by atoms with Gasteiger partial charge in [0.15, 0.2) is 0 Å². The minimum Gasteiger partial charge on any atom is -0.396 e. The highest BCUT2D eigenvalue weighted by atomic mass is 35.5. The van der Waals surface area contributed by atoms with Crippen molar-refractivity contribution in [3.05, 3.63) is 21.6 Å². The summed E-state index contributed by atoms with van der Waals surface area (Å²) in [6.07, 6.45) is 5.52. The SMILES string of the molecule is O=c1[nH]ncc(N2CCCCC2CCO)c1Cl. The lowest BCUT2D eigenvalue weighted by molar-refractivity contribution is 0.262. The van der Waals surface area contributed by atoms with E-state index in [-0.39, 0.29) is 23.2 Å². The van der Waals surface area contributed by atoms with E-state index in [0.29, 0.717) is 12.1 Å². The van der Waals surface area contributed by atoms with Gasteiger partial charge in [0.1, 0.15) is 5.02 Å². The van der Waals surface area contributed by atoms with Crippen molar-refractivity contribution in [3.63, 3.8) is 0 Å². The molecule has 1 aromatic heterocycles. The third-order valence-corrected chi connectivity index (χ3v) is 3.54. The number of aliphatic hydroxyl groups is 1. The lowest BCUT2D eigenvalue weighted by Gasteiger charge is -2.37. The van der Waals surface area contributed by atoms with Gasteiger partial charge in [-0.1, -0.05) is 11.6 Å². The number of aromatic nitrogens is 2. The predicted octanol–water partition coefficient (Wildman–Crippen LogP) is 1.16. The lowest BCUT2D eigenvalue weighted by atomic mass is 9.99. The molecule has 2 rings (SSSR count). The molecule has 5 nitrogen and oxygen atoms in total. The molecule has 2 heterocycles. The van der Waals surface area contributed by atoms with Crippen molar-refractivity contribution in [3.8, 4) is 0 Å². The number of halogens is 1. The molecule has 6 heteroatoms. The zero-order valence-corrected chi connectivity index (χ0v) is 10.3. The van der Waals surface area contributed by atoms with Crippen molar-refractivity contribution in [2.75, 3.05) is 18.1 Å². The van der Waals surface area contributed by atoms with E-state index in [1.54, 1.807) is 6.20 Å². The largest absolute Gasteiger partial charge is 0.396 e. The molecule has 1 fully saturated rings. The van der Waals surface area contributed by atoms with Crippen LogP contribution in [0.1, 0.15) is 25.7 Å². The Bertz CT molecular complexity index is 433. The molecule has 94 valence electrons. The Morgan fingerprint density at radius 1 is 1.59 bits per heavy atom. The first-order chi connectivity index (χ1) is 8.24. The fourth-order valence-electron chi connectivity index (χ4n) is 2.34. The standard InChI is InChI=1S/C11H16ClN3O2/c12-10-9(7-13-14-11(10)17)15-5-2-1-3-8(15)4-6-16/h7-8,16H,1-6H2,(H,14,17). The molecule has 1 unspecified atom stereocenters. The number of aliphatic hydroxyl groups excluding tert-OH is 1. The Morgan fingerprint density at radius 2 is 2.41 bits per heavy atom. The van der Waals surface area contributed by atoms with E-state index < -0.39 is 0 Å². The number of anilines is 1. The molecular formula is C11H16ClN3O2. The lowest BCUT2D eigenvalue weighted by Crippen LogP contribution is -2.41. The van der Waals surface area contributed by atoms with E-state index in [4.69, 9.17) is 16.7 Å². The molecule has 1 aliphatic rings. The van der Waals surface area contributed by atoms with E-state index in [1.165, 1.54) is 0 Å². The molecule has 1 aliphatic heterocycles. The summed E-state index contributed by atoms with van der Waals surface area (Å²) in [6.45, 7) is 1.00. The van der Waals surface area contributed by atoms with Crippen LogP contribution in [0.2, 0.25) is 5.02 Å². The Balaban J connectivity index is 2.29. The van der Waals surface area contributed by atoms with Crippen molar-refractivity contribution in [1.82, 2.24) is 10.2 Å². The maximum Gasteiger partial charge on any atom is 0.285 e. The summed E-state index contributed by atoms with van der Waals surface area (Å²) in [7, 11) is 0. The van der Waals surface area contributed by atoms with Gasteiger partial charge in [0.25, 0.3) is 5.56 Å². The van der Waals surface area contributed by atoms with Crippen LogP contribution in [0, 0.1) is 0 Å². The summed E-state index contributed by atoms with van der Waals surface area (Å²) in [5, 5.41) is 15.3. The van der Waals surface area contributed by atoms with Crippen LogP contribution >= 0.6 is 11.6 Å². The number of aromatic amines is 1. The second kappa shape index (κ2) is 5.51. The van der Waals surface area contributed by atoms with Crippen LogP contribution in [0.15, 0.2) is 11.0 Å². The van der Waals surface area contributed by atoms with Gasteiger partial charge in [-0.3, -0.25) is 4.79 Å². The summed E-state index contributed by atoms with van der Waals surface area (Å²) < 4.78 is 0. The second-order valence-electron chi connectivity index (χ2n) is 4.25. The van der Waals surface area contributed by atoms with E-state index in [9.17, 15) is 4.79 Å². The molecule has 0 aromatic carbocycles. The number of hydrogen-bond donors (Lipinski definition) is 2. The van der Waals surface area contributed by atoms with E-state index >= 15 is 0 Å². The van der Waals surface area contributed by atoms with Gasteiger partial charge >= 0.3 is 0 Å². The number of nitrogens with zero attached hydrogens (tertiary/aromatic N) is 2. The van der Waals surface area contributed by atoms with Crippen molar-refractivity contribution in [1.29, 1.82) is 0 Å². The van der Waals surface area contributed by atoms with Crippen LogP contribution in [0.25, 0.3) is 0 Å². The Kier molecular flexibility index (Phi) is 4.02. The van der Waals surface area contributed by atoms with Crippen molar-refractivity contribution >= 4 is 17.3 Å². The molecule has 1 aromatic rings. The quantitative estimate of drug-likeness (QED) is 0.853. The monoisotopic (exact) mass is 257 g/mol. The smallest absolute Gasteiger partial charge is 0.285 e. The van der Waals surface area contributed by atoms with Gasteiger partial charge in [0.05, 0.1) is 11.9 Å². The predicted molar refractivity (Wildman–Crippen MR) is 66.6 cm³/mol. The normalized spacial score (nSPS) is 20.6. The molecule has 0 aliphatic carbocycles. The Labute approximate surface area is 104 Å². The topological polar surface area (TPSA) is 69.2 Å². The number of rotatable bonds is 3. The van der Waals surface area contributed by atoms with Crippen LogP contribution in [0.4, 0.5) is 5.69 Å². The van der Waals surface area contributed by atoms with Crippen LogP contribution in [-0.2, 0) is 0 Å². The second-order valence-corrected chi connectivity index (χ2v) is 4.63. The average Bonchev–Trinajstić information content (AvgIpc) is 2.34. The molecule has 1 atom stereocenters. The number of H-pyrrole nitrogens is 1. The molecule has 2 N–H and O–H groups in total. The maximum atomic E-state index is 11.4. The number of hydrogen-bond acceptors (Lipinski definition) is 4. The van der Waals surface area contributed by atoms with Crippen LogP contribution in [0.5, 0.6) is 0 Å². The van der Waals surface area contributed by atoms with Gasteiger partial charge in [0.2, 0.25) is 0 Å². The minimum atomic E-state index is -0.363. The molecule has 0 bridgehead atoms. The van der Waals surface area contributed by atoms with Gasteiger partial charge in [-0.25, -0.2) is 5.10 Å². The third-order valence-electron chi connectivity index (χ3n) is 3.18. The molecular weight excluding hydrogens is 242 g/mol. The first kappa shape index (κ1) is 12.4. The minimum absolute atomic E-state index is 0.148. The van der Waals surface area contributed by atoms with Crippen molar-refractivity contribution in [2.24, 2.45) is 0 Å². The zero-order valence-electron chi connectivity index (χ0n) is 9.53. The van der Waals surface area contributed by atoms with Gasteiger partial charge < -0.3 is 10.0 Å². The first-order valence-electron chi connectivity index (χ1n) is 5.84. The molecule has 0 radical (unpaired) electrons. The highest BCUT2D eigenvalue weighted by Gasteiger charge is 2.24. The third kappa shape index (κ3) is 2.61. The fraction of sp³-hybridized carbons (Fsp3) is 0.636. The summed E-state index contributed by atoms with van der Waals surface area (Å²) >= 11 is 6.00. The first-order valence-corrected chi connectivity index (χ1v) is 6.22. The fourth-order valence-corrected chi connectivity index (χ4v) is 2.54. The molecule has 17 heavy (non-hydrogen) atoms. The zero-order chi connectivity index (χ0) is 12.3. The summed E-state index contributed by atoms with van der Waals surface area (Å²) in [5.74, 6) is 0. The average molecular weight is 258 g/mol. The molecule has 0 amide bonds. The highest BCUT2D eigenvalue weighted by Crippen LogP contribution is 2.29. The van der Waals surface area contributed by atoms with Crippen LogP contribution in [0.3, 0.4) is 0 Å². The van der Waals surface area contributed by atoms with Crippen molar-refractivity contribution in [2.45, 2.75) is 31.7 Å². The number of piperidine rings is 1. The Morgan fingerprint density at radius 3 is 3.18 bits per heavy atom. The van der Waals surface area contributed by atoms with Crippen LogP contribution < -0.4 is 10.5 Å². The molecule has 0 spiro atoms. The van der Waals surface area contributed by atoms with Crippen molar-refractivity contribution < 1.29 is 5.11 Å². The maximum absolute atomic E-state index is 11.4. The summed E-state index contributed by atoms with van der Waals surface area (Å²) in [5.41, 5.74) is 0.311.